The van der Waals surface area contributed by atoms with Crippen LogP contribution in [0.1, 0.15) is 15.9 Å². The minimum Gasteiger partial charge on any atom is -0.481 e. The number of hydrogen-bond acceptors (Lipinski definition) is 3. The molecule has 2 aromatic carbocycles. The molecular formula is C17H16O3S. The van der Waals surface area contributed by atoms with E-state index in [9.17, 15) is 9.59 Å². The monoisotopic (exact) mass is 300 g/mol. The molecule has 0 fully saturated rings. The van der Waals surface area contributed by atoms with Crippen molar-refractivity contribution in [2.45, 2.75) is 11.7 Å². The van der Waals surface area contributed by atoms with E-state index in [0.717, 1.165) is 5.56 Å². The average Bonchev–Trinajstić information content (AvgIpc) is 2.52. The van der Waals surface area contributed by atoms with Crippen molar-refractivity contribution >= 4 is 23.5 Å². The lowest BCUT2D eigenvalue weighted by molar-refractivity contribution is -0.133. The van der Waals surface area contributed by atoms with Crippen molar-refractivity contribution in [2.24, 2.45) is 0 Å². The normalized spacial score (nSPS) is 11.8. The molecule has 0 unspecified atom stereocenters. The molecule has 0 radical (unpaired) electrons. The zero-order valence-corrected chi connectivity index (χ0v) is 12.3. The van der Waals surface area contributed by atoms with Gasteiger partial charge in [-0.3, -0.25) is 9.59 Å². The molecule has 0 saturated carbocycles. The molecule has 4 heteroatoms. The molecule has 2 aromatic rings. The standard InChI is InChI=1S/C17H16O3S/c18-16(19)12-21-15(11-13-7-3-1-4-8-13)17(20)14-9-5-2-6-10-14/h1-10,15H,11-12H2,(H,18,19)/t15-/m0/s1. The molecule has 0 bridgehead atoms. The van der Waals surface area contributed by atoms with Crippen molar-refractivity contribution < 1.29 is 14.7 Å². The molecule has 2 rings (SSSR count). The van der Waals surface area contributed by atoms with Gasteiger partial charge in [-0.2, -0.15) is 0 Å². The molecule has 0 aliphatic rings. The Balaban J connectivity index is 2.15. The van der Waals surface area contributed by atoms with Gasteiger partial charge in [0.15, 0.2) is 5.78 Å². The fraction of sp³-hybridized carbons (Fsp3) is 0.176. The van der Waals surface area contributed by atoms with E-state index < -0.39 is 5.97 Å². The van der Waals surface area contributed by atoms with E-state index in [1.54, 1.807) is 12.1 Å². The van der Waals surface area contributed by atoms with Crippen molar-refractivity contribution in [1.82, 2.24) is 0 Å². The maximum Gasteiger partial charge on any atom is 0.313 e. The van der Waals surface area contributed by atoms with Gasteiger partial charge < -0.3 is 5.11 Å². The number of rotatable bonds is 7. The Morgan fingerprint density at radius 3 is 2.10 bits per heavy atom. The summed E-state index contributed by atoms with van der Waals surface area (Å²) in [7, 11) is 0. The molecule has 3 nitrogen and oxygen atoms in total. The van der Waals surface area contributed by atoms with E-state index in [-0.39, 0.29) is 16.8 Å². The molecule has 0 amide bonds. The maximum atomic E-state index is 12.5. The van der Waals surface area contributed by atoms with Gasteiger partial charge in [0.1, 0.15) is 0 Å². The number of hydrogen-bond donors (Lipinski definition) is 1. The lowest BCUT2D eigenvalue weighted by atomic mass is 10.0. The van der Waals surface area contributed by atoms with Crippen LogP contribution >= 0.6 is 11.8 Å². The van der Waals surface area contributed by atoms with Crippen LogP contribution in [0.15, 0.2) is 60.7 Å². The fourth-order valence-corrected chi connectivity index (χ4v) is 2.96. The molecule has 108 valence electrons. The van der Waals surface area contributed by atoms with Crippen molar-refractivity contribution in [3.63, 3.8) is 0 Å². The number of carbonyl (C=O) groups is 2. The van der Waals surface area contributed by atoms with Crippen LogP contribution in [0.4, 0.5) is 0 Å². The Bertz CT molecular complexity index is 596. The molecule has 0 aliphatic heterocycles. The minimum absolute atomic E-state index is 0.0225. The molecule has 1 N–H and O–H groups in total. The predicted molar refractivity (Wildman–Crippen MR) is 84.8 cm³/mol. The van der Waals surface area contributed by atoms with E-state index in [2.05, 4.69) is 0 Å². The van der Waals surface area contributed by atoms with E-state index >= 15 is 0 Å². The van der Waals surface area contributed by atoms with Gasteiger partial charge in [0.05, 0.1) is 11.0 Å². The summed E-state index contributed by atoms with van der Waals surface area (Å²) in [4.78, 5) is 23.3. The second-order valence-corrected chi connectivity index (χ2v) is 5.80. The number of ketones is 1. The van der Waals surface area contributed by atoms with Gasteiger partial charge >= 0.3 is 5.97 Å². The van der Waals surface area contributed by atoms with Crippen LogP contribution in [0.25, 0.3) is 0 Å². The first kappa shape index (κ1) is 15.3. The lowest BCUT2D eigenvalue weighted by Crippen LogP contribution is -2.22. The number of aliphatic carboxylic acids is 1. The van der Waals surface area contributed by atoms with Gasteiger partial charge in [-0.1, -0.05) is 60.7 Å². The van der Waals surface area contributed by atoms with Gasteiger partial charge in [-0.15, -0.1) is 11.8 Å². The number of carbonyl (C=O) groups excluding carboxylic acids is 1. The number of carboxylic acids is 1. The van der Waals surface area contributed by atoms with E-state index in [1.165, 1.54) is 11.8 Å². The molecule has 1 atom stereocenters. The van der Waals surface area contributed by atoms with Crippen LogP contribution in [0.2, 0.25) is 0 Å². The van der Waals surface area contributed by atoms with Crippen molar-refractivity contribution in [3.8, 4) is 0 Å². The van der Waals surface area contributed by atoms with Crippen molar-refractivity contribution in [3.05, 3.63) is 71.8 Å². The molecular weight excluding hydrogens is 284 g/mol. The number of carboxylic acid groups (broad SMARTS) is 1. The van der Waals surface area contributed by atoms with Gasteiger partial charge in [-0.25, -0.2) is 0 Å². The summed E-state index contributed by atoms with van der Waals surface area (Å²) in [6, 6.07) is 18.7. The largest absolute Gasteiger partial charge is 0.481 e. The first-order chi connectivity index (χ1) is 10.2. The highest BCUT2D eigenvalue weighted by Crippen LogP contribution is 2.21. The van der Waals surface area contributed by atoms with Crippen LogP contribution in [-0.2, 0) is 11.2 Å². The first-order valence-electron chi connectivity index (χ1n) is 6.63. The molecule has 0 heterocycles. The van der Waals surface area contributed by atoms with Crippen molar-refractivity contribution in [2.75, 3.05) is 5.75 Å². The van der Waals surface area contributed by atoms with Crippen LogP contribution in [0.5, 0.6) is 0 Å². The summed E-state index contributed by atoms with van der Waals surface area (Å²) < 4.78 is 0. The van der Waals surface area contributed by atoms with Crippen LogP contribution in [0, 0.1) is 0 Å². The third kappa shape index (κ3) is 4.76. The van der Waals surface area contributed by atoms with Crippen LogP contribution < -0.4 is 0 Å². The van der Waals surface area contributed by atoms with Gasteiger partial charge in [0.25, 0.3) is 0 Å². The Morgan fingerprint density at radius 2 is 1.52 bits per heavy atom. The van der Waals surface area contributed by atoms with E-state index in [4.69, 9.17) is 5.11 Å². The van der Waals surface area contributed by atoms with E-state index in [1.807, 2.05) is 48.5 Å². The number of Topliss-reactive ketones (excluding diaryl/α,β-unsaturated/α-hetero) is 1. The summed E-state index contributed by atoms with van der Waals surface area (Å²) in [6.07, 6.45) is 0.534. The first-order valence-corrected chi connectivity index (χ1v) is 7.68. The zero-order chi connectivity index (χ0) is 15.1. The maximum absolute atomic E-state index is 12.5. The second-order valence-electron chi connectivity index (χ2n) is 4.61. The number of thioether (sulfide) groups is 1. The Kier molecular flexibility index (Phi) is 5.58. The predicted octanol–water partition coefficient (Wildman–Crippen LogP) is 3.30. The second kappa shape index (κ2) is 7.64. The van der Waals surface area contributed by atoms with Crippen LogP contribution in [-0.4, -0.2) is 27.9 Å². The molecule has 0 aromatic heterocycles. The minimum atomic E-state index is -0.904. The molecule has 0 saturated heterocycles. The quantitative estimate of drug-likeness (QED) is 0.797. The Hall–Kier alpha value is -2.07. The zero-order valence-electron chi connectivity index (χ0n) is 11.4. The summed E-state index contributed by atoms with van der Waals surface area (Å²) in [5, 5.41) is 8.47. The summed E-state index contributed by atoms with van der Waals surface area (Å²) in [5.41, 5.74) is 1.65. The summed E-state index contributed by atoms with van der Waals surface area (Å²) >= 11 is 1.18. The average molecular weight is 300 g/mol. The Labute approximate surface area is 128 Å². The van der Waals surface area contributed by atoms with Gasteiger partial charge in [-0.05, 0) is 12.0 Å². The third-order valence-corrected chi connectivity index (χ3v) is 4.22. The highest BCUT2D eigenvalue weighted by atomic mass is 32.2. The number of benzene rings is 2. The smallest absolute Gasteiger partial charge is 0.313 e. The highest BCUT2D eigenvalue weighted by molar-refractivity contribution is 8.01. The van der Waals surface area contributed by atoms with Crippen molar-refractivity contribution in [1.29, 1.82) is 0 Å². The lowest BCUT2D eigenvalue weighted by Gasteiger charge is -2.15. The van der Waals surface area contributed by atoms with Gasteiger partial charge in [0.2, 0.25) is 0 Å². The highest BCUT2D eigenvalue weighted by Gasteiger charge is 2.21. The molecule has 21 heavy (non-hydrogen) atoms. The Morgan fingerprint density at radius 1 is 0.952 bits per heavy atom. The van der Waals surface area contributed by atoms with E-state index in [0.29, 0.717) is 12.0 Å². The third-order valence-electron chi connectivity index (χ3n) is 3.02. The van der Waals surface area contributed by atoms with Gasteiger partial charge in [0, 0.05) is 5.56 Å². The van der Waals surface area contributed by atoms with Crippen LogP contribution in [0.3, 0.4) is 0 Å². The fourth-order valence-electron chi connectivity index (χ4n) is 2.02. The summed E-state index contributed by atoms with van der Waals surface area (Å²) in [6.45, 7) is 0. The molecule has 0 aliphatic carbocycles. The molecule has 0 spiro atoms. The summed E-state index contributed by atoms with van der Waals surface area (Å²) in [5.74, 6) is -1.000. The SMILES string of the molecule is O=C(O)CS[C@@H](Cc1ccccc1)C(=O)c1ccccc1. The topological polar surface area (TPSA) is 54.4 Å².